The molecule has 0 radical (unpaired) electrons. The number of rotatable bonds is 4. The molecule has 2 aromatic heterocycles. The monoisotopic (exact) mass is 219 g/mol. The fourth-order valence-electron chi connectivity index (χ4n) is 1.31. The number of aliphatic hydroxyl groups excluding tert-OH is 1. The van der Waals surface area contributed by atoms with Crippen molar-refractivity contribution in [1.82, 2.24) is 14.8 Å². The molecule has 0 unspecified atom stereocenters. The molecule has 84 valence electrons. The Morgan fingerprint density at radius 3 is 3.00 bits per heavy atom. The second-order valence-electron chi connectivity index (χ2n) is 3.27. The third-order valence-electron chi connectivity index (χ3n) is 2.12. The van der Waals surface area contributed by atoms with Crippen LogP contribution in [-0.4, -0.2) is 19.9 Å². The first-order valence-electron chi connectivity index (χ1n) is 5.08. The Morgan fingerprint density at radius 1 is 1.44 bits per heavy atom. The minimum Gasteiger partial charge on any atom is -0.454 e. The lowest BCUT2D eigenvalue weighted by molar-refractivity contribution is 0.276. The van der Waals surface area contributed by atoms with Crippen LogP contribution in [0.2, 0.25) is 0 Å². The number of aromatic nitrogens is 3. The normalized spacial score (nSPS) is 10.4. The zero-order chi connectivity index (χ0) is 11.4. The molecular weight excluding hydrogens is 206 g/mol. The van der Waals surface area contributed by atoms with Gasteiger partial charge >= 0.3 is 0 Å². The second kappa shape index (κ2) is 4.76. The van der Waals surface area contributed by atoms with Crippen LogP contribution in [0.5, 0.6) is 11.5 Å². The summed E-state index contributed by atoms with van der Waals surface area (Å²) in [6, 6.07) is 3.44. The van der Waals surface area contributed by atoms with Gasteiger partial charge in [0.2, 0.25) is 0 Å². The van der Waals surface area contributed by atoms with Crippen LogP contribution in [0.3, 0.4) is 0 Å². The van der Waals surface area contributed by atoms with E-state index in [4.69, 9.17) is 9.84 Å². The van der Waals surface area contributed by atoms with Gasteiger partial charge in [-0.2, -0.15) is 5.10 Å². The highest BCUT2D eigenvalue weighted by molar-refractivity contribution is 5.28. The summed E-state index contributed by atoms with van der Waals surface area (Å²) in [5, 5.41) is 13.0. The van der Waals surface area contributed by atoms with Crippen LogP contribution in [0.1, 0.15) is 12.6 Å². The van der Waals surface area contributed by atoms with Gasteiger partial charge in [0.25, 0.3) is 0 Å². The van der Waals surface area contributed by atoms with Crippen molar-refractivity contribution in [3.8, 4) is 11.5 Å². The predicted molar refractivity (Wildman–Crippen MR) is 58.1 cm³/mol. The number of hydrogen-bond donors (Lipinski definition) is 1. The summed E-state index contributed by atoms with van der Waals surface area (Å²) in [7, 11) is 0. The van der Waals surface area contributed by atoms with E-state index in [0.29, 0.717) is 17.2 Å². The SMILES string of the molecule is CCn1cc(Oc2ccnc(CO)c2)cn1. The second-order valence-corrected chi connectivity index (χ2v) is 3.27. The summed E-state index contributed by atoms with van der Waals surface area (Å²) in [6.07, 6.45) is 5.08. The molecule has 0 aromatic carbocycles. The highest BCUT2D eigenvalue weighted by atomic mass is 16.5. The van der Waals surface area contributed by atoms with Crippen molar-refractivity contribution in [2.75, 3.05) is 0 Å². The number of pyridine rings is 1. The van der Waals surface area contributed by atoms with Gasteiger partial charge < -0.3 is 9.84 Å². The Balaban J connectivity index is 2.13. The molecule has 16 heavy (non-hydrogen) atoms. The third kappa shape index (κ3) is 2.38. The topological polar surface area (TPSA) is 60.2 Å². The number of hydrogen-bond acceptors (Lipinski definition) is 4. The summed E-state index contributed by atoms with van der Waals surface area (Å²) in [6.45, 7) is 2.72. The number of aliphatic hydroxyl groups is 1. The van der Waals surface area contributed by atoms with Gasteiger partial charge in [-0.25, -0.2) is 0 Å². The number of nitrogens with zero attached hydrogens (tertiary/aromatic N) is 3. The molecule has 2 rings (SSSR count). The first kappa shape index (κ1) is 10.6. The Morgan fingerprint density at radius 2 is 2.31 bits per heavy atom. The maximum absolute atomic E-state index is 8.94. The maximum atomic E-state index is 8.94. The fraction of sp³-hybridized carbons (Fsp3) is 0.273. The summed E-state index contributed by atoms with van der Waals surface area (Å²) < 4.78 is 7.35. The van der Waals surface area contributed by atoms with Gasteiger partial charge in [0.15, 0.2) is 5.75 Å². The Kier molecular flexibility index (Phi) is 3.16. The van der Waals surface area contributed by atoms with E-state index in [-0.39, 0.29) is 6.61 Å². The van der Waals surface area contributed by atoms with Gasteiger partial charge in [0.05, 0.1) is 24.7 Å². The molecular formula is C11H13N3O2. The molecule has 0 spiro atoms. The van der Waals surface area contributed by atoms with Gasteiger partial charge in [-0.1, -0.05) is 0 Å². The molecule has 0 amide bonds. The minimum absolute atomic E-state index is 0.0918. The van der Waals surface area contributed by atoms with Crippen molar-refractivity contribution in [1.29, 1.82) is 0 Å². The van der Waals surface area contributed by atoms with E-state index in [0.717, 1.165) is 6.54 Å². The average molecular weight is 219 g/mol. The highest BCUT2D eigenvalue weighted by Gasteiger charge is 2.01. The fourth-order valence-corrected chi connectivity index (χ4v) is 1.31. The smallest absolute Gasteiger partial charge is 0.165 e. The summed E-state index contributed by atoms with van der Waals surface area (Å²) in [5.74, 6) is 1.33. The van der Waals surface area contributed by atoms with Gasteiger partial charge in [0, 0.05) is 18.8 Å². The van der Waals surface area contributed by atoms with E-state index in [9.17, 15) is 0 Å². The first-order valence-corrected chi connectivity index (χ1v) is 5.08. The third-order valence-corrected chi connectivity index (χ3v) is 2.12. The molecule has 0 atom stereocenters. The predicted octanol–water partition coefficient (Wildman–Crippen LogP) is 1.58. The molecule has 2 heterocycles. The molecule has 1 N–H and O–H groups in total. The van der Waals surface area contributed by atoms with E-state index in [1.165, 1.54) is 0 Å². The molecule has 0 saturated carbocycles. The molecule has 2 aromatic rings. The van der Waals surface area contributed by atoms with Crippen LogP contribution in [-0.2, 0) is 13.2 Å². The van der Waals surface area contributed by atoms with E-state index >= 15 is 0 Å². The molecule has 0 aliphatic rings. The molecule has 0 bridgehead atoms. The molecule has 0 aliphatic carbocycles. The van der Waals surface area contributed by atoms with Crippen molar-refractivity contribution in [3.05, 3.63) is 36.4 Å². The number of aryl methyl sites for hydroxylation is 1. The van der Waals surface area contributed by atoms with Crippen molar-refractivity contribution in [3.63, 3.8) is 0 Å². The Labute approximate surface area is 93.3 Å². The van der Waals surface area contributed by atoms with Gasteiger partial charge in [-0.3, -0.25) is 9.67 Å². The lowest BCUT2D eigenvalue weighted by Gasteiger charge is -2.03. The molecule has 5 nitrogen and oxygen atoms in total. The van der Waals surface area contributed by atoms with E-state index in [1.54, 1.807) is 29.2 Å². The molecule has 0 fully saturated rings. The van der Waals surface area contributed by atoms with Crippen LogP contribution in [0.15, 0.2) is 30.7 Å². The van der Waals surface area contributed by atoms with Gasteiger partial charge in [0.1, 0.15) is 5.75 Å². The van der Waals surface area contributed by atoms with Crippen molar-refractivity contribution in [2.24, 2.45) is 0 Å². The van der Waals surface area contributed by atoms with E-state index < -0.39 is 0 Å². The van der Waals surface area contributed by atoms with Crippen LogP contribution in [0.4, 0.5) is 0 Å². The lowest BCUT2D eigenvalue weighted by atomic mass is 10.3. The molecule has 0 aliphatic heterocycles. The lowest BCUT2D eigenvalue weighted by Crippen LogP contribution is -1.92. The quantitative estimate of drug-likeness (QED) is 0.848. The number of ether oxygens (including phenoxy) is 1. The summed E-state index contributed by atoms with van der Waals surface area (Å²) in [4.78, 5) is 3.97. The summed E-state index contributed by atoms with van der Waals surface area (Å²) >= 11 is 0. The maximum Gasteiger partial charge on any atom is 0.165 e. The zero-order valence-corrected chi connectivity index (χ0v) is 9.00. The van der Waals surface area contributed by atoms with Crippen LogP contribution >= 0.6 is 0 Å². The molecule has 0 saturated heterocycles. The summed E-state index contributed by atoms with van der Waals surface area (Å²) in [5.41, 5.74) is 0.584. The van der Waals surface area contributed by atoms with Crippen molar-refractivity contribution >= 4 is 0 Å². The standard InChI is InChI=1S/C11H13N3O2/c1-2-14-7-11(6-13-14)16-10-3-4-12-9(5-10)8-15/h3-7,15H,2,8H2,1H3. The largest absolute Gasteiger partial charge is 0.454 e. The van der Waals surface area contributed by atoms with Crippen LogP contribution < -0.4 is 4.74 Å². The van der Waals surface area contributed by atoms with Crippen LogP contribution in [0.25, 0.3) is 0 Å². The first-order chi connectivity index (χ1) is 7.81. The van der Waals surface area contributed by atoms with Crippen LogP contribution in [0, 0.1) is 0 Å². The van der Waals surface area contributed by atoms with E-state index in [1.807, 2.05) is 13.1 Å². The average Bonchev–Trinajstić information content (AvgIpc) is 2.77. The Hall–Kier alpha value is -1.88. The van der Waals surface area contributed by atoms with Gasteiger partial charge in [-0.15, -0.1) is 0 Å². The van der Waals surface area contributed by atoms with E-state index in [2.05, 4.69) is 10.1 Å². The highest BCUT2D eigenvalue weighted by Crippen LogP contribution is 2.20. The minimum atomic E-state index is -0.0918. The Bertz CT molecular complexity index is 468. The zero-order valence-electron chi connectivity index (χ0n) is 9.00. The van der Waals surface area contributed by atoms with Crippen molar-refractivity contribution < 1.29 is 9.84 Å². The van der Waals surface area contributed by atoms with Gasteiger partial charge in [-0.05, 0) is 13.0 Å². The molecule has 5 heteroatoms. The van der Waals surface area contributed by atoms with Crippen molar-refractivity contribution in [2.45, 2.75) is 20.1 Å².